The van der Waals surface area contributed by atoms with Gasteiger partial charge in [0.25, 0.3) is 0 Å². The summed E-state index contributed by atoms with van der Waals surface area (Å²) in [4.78, 5) is 46.8. The maximum atomic E-state index is 11.7. The Balaban J connectivity index is 2.20. The minimum atomic E-state index is -1.61. The Bertz CT molecular complexity index is 448. The van der Waals surface area contributed by atoms with E-state index in [-0.39, 0.29) is 12.3 Å². The first-order chi connectivity index (χ1) is 7.97. The fourth-order valence-corrected chi connectivity index (χ4v) is 3.36. The monoisotopic (exact) mass is 238 g/mol. The lowest BCUT2D eigenvalue weighted by atomic mass is 9.48. The second-order valence-electron chi connectivity index (χ2n) is 4.86. The highest BCUT2D eigenvalue weighted by molar-refractivity contribution is 6.27. The number of hydrogen-bond donors (Lipinski definition) is 0. The van der Waals surface area contributed by atoms with Gasteiger partial charge in [-0.25, -0.2) is 0 Å². The molecule has 0 radical (unpaired) electrons. The highest BCUT2D eigenvalue weighted by Crippen LogP contribution is 2.63. The molecular weight excluding hydrogens is 228 g/mol. The molecule has 0 amide bonds. The Kier molecular flexibility index (Phi) is 1.69. The number of rotatable bonds is 0. The van der Waals surface area contributed by atoms with Crippen LogP contribution in [0.4, 0.5) is 0 Å². The number of carbonyl (C=O) groups is 4. The number of carbonyl (C=O) groups excluding carboxylic acids is 4. The molecule has 1 aliphatic carbocycles. The van der Waals surface area contributed by atoms with Crippen molar-refractivity contribution in [2.45, 2.75) is 26.2 Å². The fourth-order valence-electron chi connectivity index (χ4n) is 3.36. The number of ether oxygens (including phenoxy) is 2. The van der Waals surface area contributed by atoms with Gasteiger partial charge >= 0.3 is 23.9 Å². The van der Waals surface area contributed by atoms with E-state index in [0.29, 0.717) is 12.8 Å². The lowest BCUT2D eigenvalue weighted by Gasteiger charge is -2.55. The van der Waals surface area contributed by atoms with Crippen molar-refractivity contribution in [3.05, 3.63) is 0 Å². The molecule has 0 aromatic rings. The maximum absolute atomic E-state index is 11.7. The zero-order chi connectivity index (χ0) is 12.4. The second-order valence-corrected chi connectivity index (χ2v) is 4.86. The van der Waals surface area contributed by atoms with Crippen LogP contribution in [0.5, 0.6) is 0 Å². The van der Waals surface area contributed by atoms with Gasteiger partial charge in [0.2, 0.25) is 0 Å². The van der Waals surface area contributed by atoms with E-state index in [2.05, 4.69) is 9.47 Å². The SMILES string of the molecule is CC1CCCC2(C(=O)OC2=O)C12C(=O)OC2=O. The Labute approximate surface area is 96.2 Å². The quantitative estimate of drug-likeness (QED) is 0.434. The Morgan fingerprint density at radius 2 is 1.53 bits per heavy atom. The first-order valence-corrected chi connectivity index (χ1v) is 5.51. The standard InChI is InChI=1S/C11H10O6/c1-5-3-2-4-10(6(12)16-7(10)13)11(5)8(14)17-9(11)15/h5H,2-4H2,1H3. The van der Waals surface area contributed by atoms with Crippen molar-refractivity contribution in [1.82, 2.24) is 0 Å². The molecule has 90 valence electrons. The summed E-state index contributed by atoms with van der Waals surface area (Å²) in [5.41, 5.74) is -3.21. The summed E-state index contributed by atoms with van der Waals surface area (Å²) in [7, 11) is 0. The molecular formula is C11H10O6. The van der Waals surface area contributed by atoms with Crippen molar-refractivity contribution >= 4 is 23.9 Å². The van der Waals surface area contributed by atoms with Crippen LogP contribution < -0.4 is 0 Å². The van der Waals surface area contributed by atoms with Gasteiger partial charge in [-0.2, -0.15) is 0 Å². The van der Waals surface area contributed by atoms with Crippen molar-refractivity contribution in [2.24, 2.45) is 16.7 Å². The number of cyclic esters (lactones) is 4. The van der Waals surface area contributed by atoms with Gasteiger partial charge < -0.3 is 9.47 Å². The molecule has 6 heteroatoms. The molecule has 2 aliphatic heterocycles. The summed E-state index contributed by atoms with van der Waals surface area (Å²) in [6.45, 7) is 1.69. The summed E-state index contributed by atoms with van der Waals surface area (Å²) in [5.74, 6) is -3.43. The van der Waals surface area contributed by atoms with Crippen molar-refractivity contribution in [1.29, 1.82) is 0 Å². The molecule has 0 aromatic carbocycles. The average Bonchev–Trinajstić information content (AvgIpc) is 2.28. The lowest BCUT2D eigenvalue weighted by Crippen LogP contribution is -2.76. The molecule has 17 heavy (non-hydrogen) atoms. The van der Waals surface area contributed by atoms with Crippen LogP contribution in [0.25, 0.3) is 0 Å². The van der Waals surface area contributed by atoms with Crippen LogP contribution in [0.3, 0.4) is 0 Å². The first-order valence-electron chi connectivity index (χ1n) is 5.51. The summed E-state index contributed by atoms with van der Waals surface area (Å²) in [6, 6.07) is 0. The summed E-state index contributed by atoms with van der Waals surface area (Å²) < 4.78 is 8.76. The minimum absolute atomic E-state index is 0.190. The Morgan fingerprint density at radius 3 is 1.94 bits per heavy atom. The Hall–Kier alpha value is -1.72. The molecule has 2 spiro atoms. The van der Waals surface area contributed by atoms with Gasteiger partial charge in [0.05, 0.1) is 0 Å². The highest BCUT2D eigenvalue weighted by Gasteiger charge is 2.84. The van der Waals surface area contributed by atoms with Crippen LogP contribution in [0.2, 0.25) is 0 Å². The predicted octanol–water partition coefficient (Wildman–Crippen LogP) is -0.0540. The largest absolute Gasteiger partial charge is 0.391 e. The molecule has 2 heterocycles. The summed E-state index contributed by atoms with van der Waals surface area (Å²) >= 11 is 0. The molecule has 1 atom stereocenters. The molecule has 6 nitrogen and oxygen atoms in total. The van der Waals surface area contributed by atoms with Gasteiger partial charge in [-0.1, -0.05) is 13.3 Å². The van der Waals surface area contributed by atoms with Gasteiger partial charge in [-0.15, -0.1) is 0 Å². The Morgan fingerprint density at radius 1 is 1.00 bits per heavy atom. The molecule has 0 bridgehead atoms. The lowest BCUT2D eigenvalue weighted by molar-refractivity contribution is -0.246. The van der Waals surface area contributed by atoms with E-state index >= 15 is 0 Å². The fraction of sp³-hybridized carbons (Fsp3) is 0.636. The number of hydrogen-bond acceptors (Lipinski definition) is 6. The van der Waals surface area contributed by atoms with Gasteiger partial charge in [0, 0.05) is 0 Å². The molecule has 1 unspecified atom stereocenters. The van der Waals surface area contributed by atoms with Crippen LogP contribution in [-0.4, -0.2) is 23.9 Å². The highest BCUT2D eigenvalue weighted by atomic mass is 16.6. The summed E-state index contributed by atoms with van der Waals surface area (Å²) in [6.07, 6.45) is 1.42. The third kappa shape index (κ3) is 0.788. The van der Waals surface area contributed by atoms with Gasteiger partial charge in [0.1, 0.15) is 0 Å². The van der Waals surface area contributed by atoms with Crippen molar-refractivity contribution in [3.63, 3.8) is 0 Å². The van der Waals surface area contributed by atoms with Crippen LogP contribution in [0.1, 0.15) is 26.2 Å². The van der Waals surface area contributed by atoms with E-state index in [0.717, 1.165) is 0 Å². The van der Waals surface area contributed by atoms with Gasteiger partial charge in [-0.3, -0.25) is 19.2 Å². The van der Waals surface area contributed by atoms with Gasteiger partial charge in [-0.05, 0) is 18.8 Å². The predicted molar refractivity (Wildman–Crippen MR) is 50.1 cm³/mol. The zero-order valence-electron chi connectivity index (χ0n) is 9.15. The third-order valence-electron chi connectivity index (χ3n) is 4.31. The van der Waals surface area contributed by atoms with Crippen LogP contribution in [-0.2, 0) is 28.7 Å². The smallest absolute Gasteiger partial charge is 0.333 e. The first kappa shape index (κ1) is 10.4. The van der Waals surface area contributed by atoms with E-state index in [4.69, 9.17) is 0 Å². The number of esters is 4. The van der Waals surface area contributed by atoms with E-state index in [9.17, 15) is 19.2 Å². The molecule has 0 N–H and O–H groups in total. The number of fused-ring (bicyclic) bond motifs is 1. The van der Waals surface area contributed by atoms with E-state index in [1.807, 2.05) is 0 Å². The third-order valence-corrected chi connectivity index (χ3v) is 4.31. The topological polar surface area (TPSA) is 86.7 Å². The normalized spacial score (nSPS) is 32.9. The van der Waals surface area contributed by atoms with E-state index in [1.54, 1.807) is 6.92 Å². The van der Waals surface area contributed by atoms with E-state index < -0.39 is 34.7 Å². The zero-order valence-corrected chi connectivity index (χ0v) is 9.15. The maximum Gasteiger partial charge on any atom is 0.333 e. The second kappa shape index (κ2) is 2.75. The summed E-state index contributed by atoms with van der Waals surface area (Å²) in [5, 5.41) is 0. The molecule has 3 fully saturated rings. The van der Waals surface area contributed by atoms with Crippen LogP contribution in [0, 0.1) is 16.7 Å². The molecule has 3 aliphatic rings. The van der Waals surface area contributed by atoms with Gasteiger partial charge in [0.15, 0.2) is 10.8 Å². The van der Waals surface area contributed by atoms with Crippen LogP contribution in [0.15, 0.2) is 0 Å². The molecule has 0 aromatic heterocycles. The van der Waals surface area contributed by atoms with Crippen LogP contribution >= 0.6 is 0 Å². The van der Waals surface area contributed by atoms with Crippen molar-refractivity contribution in [2.75, 3.05) is 0 Å². The van der Waals surface area contributed by atoms with Crippen molar-refractivity contribution in [3.8, 4) is 0 Å². The average molecular weight is 238 g/mol. The molecule has 2 saturated heterocycles. The molecule has 3 rings (SSSR count). The molecule has 1 saturated carbocycles. The minimum Gasteiger partial charge on any atom is -0.391 e. The van der Waals surface area contributed by atoms with E-state index in [1.165, 1.54) is 0 Å². The van der Waals surface area contributed by atoms with Crippen molar-refractivity contribution < 1.29 is 28.7 Å².